The summed E-state index contributed by atoms with van der Waals surface area (Å²) >= 11 is 0. The Balaban J connectivity index is -0.000000434. The number of carbonyl (C=O) groups is 2. The average Bonchev–Trinajstić information content (AvgIpc) is 1.56. The van der Waals surface area contributed by atoms with Crippen LogP contribution in [0.1, 0.15) is 557 Å². The van der Waals surface area contributed by atoms with Crippen LogP contribution in [0.15, 0.2) is 12.4 Å². The molecule has 2 aromatic rings. The van der Waals surface area contributed by atoms with Crippen molar-refractivity contribution >= 4 is 41.1 Å². The predicted molar refractivity (Wildman–Crippen MR) is 534 cm³/mol. The van der Waals surface area contributed by atoms with Gasteiger partial charge in [0, 0.05) is 56.0 Å². The Kier molecular flexibility index (Phi) is 80.1. The molecule has 0 saturated heterocycles. The SMILES string of the molecule is CC(C)(C)CCCCCCCCCCS(C)(=O)=O.CCC(=O)CCCCCCCCCCCS(=O)(=O)C(C)(C)C.CCCCCCCCCCCC(=O)C(C)(C)C.CCCCCCCCCCCC(C)(C)C.CCCCCCCS(=O)(=O)C(C)(C)C.CCc1cnnn1CCCCCCCC(C)(C)C.Cc1cn(CCCCCCCC(C)(C)C)nn1. The molecule has 0 aliphatic carbocycles. The van der Waals surface area contributed by atoms with E-state index in [1.54, 1.807) is 41.5 Å². The van der Waals surface area contributed by atoms with Crippen LogP contribution in [0.5, 0.6) is 0 Å². The minimum atomic E-state index is -2.94. The van der Waals surface area contributed by atoms with E-state index < -0.39 is 39.0 Å². The first kappa shape index (κ1) is 127. The lowest BCUT2D eigenvalue weighted by Gasteiger charge is -2.18. The summed E-state index contributed by atoms with van der Waals surface area (Å²) in [6.45, 7) is 59.4. The number of Topliss-reactive ketones (excluding diaryl/α,β-unsaturated/α-hetero) is 2. The van der Waals surface area contributed by atoms with Crippen LogP contribution in [-0.4, -0.2) is 99.8 Å². The molecule has 724 valence electrons. The molecule has 2 aromatic heterocycles. The molecule has 0 fully saturated rings. The number of nitrogens with zero attached hydrogens (tertiary/aromatic N) is 6. The highest BCUT2D eigenvalue weighted by Gasteiger charge is 2.29. The van der Waals surface area contributed by atoms with Gasteiger partial charge < -0.3 is 0 Å². The second-order valence-corrected chi connectivity index (χ2v) is 51.8. The topological polar surface area (TPSA) is 198 Å². The lowest BCUT2D eigenvalue weighted by atomic mass is 9.88. The first-order valence-electron chi connectivity index (χ1n) is 50.7. The third-order valence-electron chi connectivity index (χ3n) is 22.5. The van der Waals surface area contributed by atoms with E-state index in [0.717, 1.165) is 109 Å². The minimum Gasteiger partial charge on any atom is -0.300 e. The van der Waals surface area contributed by atoms with Crippen LogP contribution in [0.2, 0.25) is 0 Å². The van der Waals surface area contributed by atoms with Gasteiger partial charge in [-0.05, 0) is 147 Å². The van der Waals surface area contributed by atoms with Gasteiger partial charge in [0.1, 0.15) is 21.4 Å². The van der Waals surface area contributed by atoms with E-state index in [2.05, 4.69) is 136 Å². The van der Waals surface area contributed by atoms with Gasteiger partial charge in [-0.1, -0.05) is 425 Å². The third kappa shape index (κ3) is 96.4. The molecule has 0 amide bonds. The lowest BCUT2D eigenvalue weighted by molar-refractivity contribution is -0.126. The molecule has 0 aromatic carbocycles. The number of rotatable bonds is 63. The zero-order valence-corrected chi connectivity index (χ0v) is 88.8. The fourth-order valence-corrected chi connectivity index (χ4v) is 16.8. The molecular weight excluding hydrogens is 1560 g/mol. The van der Waals surface area contributed by atoms with Gasteiger partial charge in [0.05, 0.1) is 38.6 Å². The first-order valence-corrected chi connectivity index (χ1v) is 56.0. The molecule has 0 bridgehead atoms. The number of aromatic nitrogens is 6. The van der Waals surface area contributed by atoms with Gasteiger partial charge in [0.15, 0.2) is 19.7 Å². The number of hydrogen-bond acceptors (Lipinski definition) is 12. The Morgan fingerprint density at radius 3 is 0.868 bits per heavy atom. The summed E-state index contributed by atoms with van der Waals surface area (Å²) in [4.78, 5) is 22.8. The van der Waals surface area contributed by atoms with Crippen LogP contribution in [0, 0.1) is 34.0 Å². The van der Waals surface area contributed by atoms with Crippen molar-refractivity contribution in [1.29, 1.82) is 0 Å². The molecule has 2 rings (SSSR count). The molecule has 0 spiro atoms. The normalized spacial score (nSPS) is 12.3. The van der Waals surface area contributed by atoms with Crippen LogP contribution in [0.4, 0.5) is 0 Å². The number of unbranched alkanes of at least 4 members (excludes halogenated alkanes) is 43. The van der Waals surface area contributed by atoms with Crippen molar-refractivity contribution in [3.8, 4) is 0 Å². The van der Waals surface area contributed by atoms with Crippen molar-refractivity contribution in [1.82, 2.24) is 30.0 Å². The molecule has 0 radical (unpaired) electrons. The maximum absolute atomic E-state index is 11.9. The largest absolute Gasteiger partial charge is 0.300 e. The molecule has 0 atom stereocenters. The molecule has 2 heterocycles. The number of ketones is 2. The average molecular weight is 1770 g/mol. The van der Waals surface area contributed by atoms with Gasteiger partial charge in [-0.15, -0.1) is 10.2 Å². The Morgan fingerprint density at radius 2 is 0.603 bits per heavy atom. The van der Waals surface area contributed by atoms with Gasteiger partial charge in [-0.25, -0.2) is 29.9 Å². The van der Waals surface area contributed by atoms with Crippen LogP contribution >= 0.6 is 0 Å². The second-order valence-electron chi connectivity index (χ2n) is 43.8. The van der Waals surface area contributed by atoms with E-state index in [0.29, 0.717) is 56.9 Å². The van der Waals surface area contributed by atoms with Crippen molar-refractivity contribution in [2.24, 2.45) is 27.1 Å². The van der Waals surface area contributed by atoms with Gasteiger partial charge in [-0.3, -0.25) is 14.3 Å². The van der Waals surface area contributed by atoms with Crippen LogP contribution in [-0.2, 0) is 58.6 Å². The summed E-state index contributed by atoms with van der Waals surface area (Å²) in [7, 11) is -8.57. The molecular formula is C104H212N6O8S3. The Labute approximate surface area is 757 Å². The van der Waals surface area contributed by atoms with Crippen molar-refractivity contribution in [3.63, 3.8) is 0 Å². The van der Waals surface area contributed by atoms with Crippen molar-refractivity contribution < 1.29 is 34.8 Å². The standard InChI is InChI=1S/C18H36O3S.C16H32O.C15H29N3.C15H32O2S.C15H32.C14H27N3.C11H24O2S/c1-5-17(19)15-13-11-9-7-6-8-10-12-14-16-22(20,21)18(2,3)4;1-5-6-7-8-9-10-11-12-13-14-15(17)16(2,3)4;1-5-14-13-16-17-18(14)12-10-8-6-7-9-11-15(2,3)4;1-15(2,3)13-11-9-7-5-6-8-10-12-14-18(4,16)17;1-5-6-7-8-9-10-11-12-13-14-15(2,3)4;1-13-12-17(16-15-13)11-9-7-5-6-8-10-14(2,3)4;1-5-6-7-8-9-10-14(12,13)11(2,3)4/h5-16H2,1-4H3;5-14H2,1-4H3;13H,5-12H2,1-4H3;5-14H2,1-4H3;5-14H2,1-4H3;12H,5-11H2,1-4H3;5-10H2,1-4H3. The Hall–Kier alpha value is -2.53. The fourth-order valence-electron chi connectivity index (χ4n) is 13.7. The van der Waals surface area contributed by atoms with Gasteiger partial charge in [0.25, 0.3) is 0 Å². The fraction of sp³-hybridized carbons (Fsp3) is 0.942. The first-order chi connectivity index (χ1) is 56.3. The molecule has 17 heteroatoms. The minimum absolute atomic E-state index is 0.139. The molecule has 0 saturated carbocycles. The van der Waals surface area contributed by atoms with Crippen molar-refractivity contribution in [2.75, 3.05) is 23.5 Å². The van der Waals surface area contributed by atoms with Gasteiger partial charge >= 0.3 is 0 Å². The molecule has 14 nitrogen and oxygen atoms in total. The maximum atomic E-state index is 11.9. The number of carbonyl (C=O) groups excluding carboxylic acids is 2. The molecule has 121 heavy (non-hydrogen) atoms. The predicted octanol–water partition coefficient (Wildman–Crippen LogP) is 32.5. The number of sulfone groups is 3. The van der Waals surface area contributed by atoms with E-state index >= 15 is 0 Å². The summed E-state index contributed by atoms with van der Waals surface area (Å²) in [5, 5.41) is 16.1. The lowest BCUT2D eigenvalue weighted by Crippen LogP contribution is -2.30. The highest BCUT2D eigenvalue weighted by atomic mass is 32.2. The summed E-state index contributed by atoms with van der Waals surface area (Å²) in [6, 6.07) is 0. The molecule has 0 unspecified atom stereocenters. The number of aryl methyl sites for hydroxylation is 4. The summed E-state index contributed by atoms with van der Waals surface area (Å²) in [5.41, 5.74) is 4.14. The quantitative estimate of drug-likeness (QED) is 0.0569. The summed E-state index contributed by atoms with van der Waals surface area (Å²) < 4.78 is 71.9. The van der Waals surface area contributed by atoms with Crippen LogP contribution in [0.3, 0.4) is 0 Å². The zero-order valence-electron chi connectivity index (χ0n) is 86.4. The zero-order chi connectivity index (χ0) is 93.3. The Morgan fingerprint density at radius 1 is 0.331 bits per heavy atom. The maximum Gasteiger partial charge on any atom is 0.155 e. The van der Waals surface area contributed by atoms with E-state index in [4.69, 9.17) is 0 Å². The van der Waals surface area contributed by atoms with Crippen LogP contribution < -0.4 is 0 Å². The van der Waals surface area contributed by atoms with Gasteiger partial charge in [0.2, 0.25) is 0 Å². The number of hydrogen-bond donors (Lipinski definition) is 0. The highest BCUT2D eigenvalue weighted by molar-refractivity contribution is 7.93. The van der Waals surface area contributed by atoms with E-state index in [9.17, 15) is 34.8 Å². The van der Waals surface area contributed by atoms with Crippen LogP contribution in [0.25, 0.3) is 0 Å². The van der Waals surface area contributed by atoms with Gasteiger partial charge in [-0.2, -0.15) is 0 Å². The Bertz CT molecular complexity index is 2980. The second kappa shape index (κ2) is 76.3. The van der Waals surface area contributed by atoms with Crippen molar-refractivity contribution in [3.05, 3.63) is 23.8 Å². The molecule has 0 aliphatic rings. The smallest absolute Gasteiger partial charge is 0.155 e. The van der Waals surface area contributed by atoms with E-state index in [1.165, 1.54) is 288 Å². The molecule has 0 aliphatic heterocycles. The van der Waals surface area contributed by atoms with E-state index in [1.807, 2.05) is 51.7 Å². The molecule has 0 N–H and O–H groups in total. The third-order valence-corrected chi connectivity index (χ3v) is 29.0. The monoisotopic (exact) mass is 1770 g/mol. The van der Waals surface area contributed by atoms with Crippen molar-refractivity contribution in [2.45, 2.75) is 582 Å². The summed E-state index contributed by atoms with van der Waals surface area (Å²) in [6.07, 6.45) is 77.1. The van der Waals surface area contributed by atoms with E-state index in [-0.39, 0.29) is 5.41 Å². The summed E-state index contributed by atoms with van der Waals surface area (Å²) in [5.74, 6) is 1.83. The highest BCUT2D eigenvalue weighted by Crippen LogP contribution is 2.28.